The number of allylic oxidation sites excluding steroid dienone is 1. The van der Waals surface area contributed by atoms with Crippen LogP contribution in [0.4, 0.5) is 5.69 Å². The van der Waals surface area contributed by atoms with Gasteiger partial charge in [0.25, 0.3) is 0 Å². The fraction of sp³-hybridized carbons (Fsp3) is 0.167. The van der Waals surface area contributed by atoms with E-state index in [0.29, 0.717) is 12.1 Å². The maximum Gasteiger partial charge on any atom is 0.339 e. The normalized spacial score (nSPS) is 9.65. The Hall–Kier alpha value is -2.30. The van der Waals surface area contributed by atoms with E-state index in [0.717, 1.165) is 0 Å². The monoisotopic (exact) mass is 235 g/mol. The van der Waals surface area contributed by atoms with Crippen molar-refractivity contribution in [1.29, 1.82) is 0 Å². The first-order chi connectivity index (χ1) is 8.04. The maximum absolute atomic E-state index is 11.4. The zero-order valence-electron chi connectivity index (χ0n) is 9.14. The van der Waals surface area contributed by atoms with Crippen molar-refractivity contribution in [2.75, 3.05) is 5.32 Å². The summed E-state index contributed by atoms with van der Waals surface area (Å²) in [5.41, 5.74) is 0.0979. The molecule has 1 aromatic rings. The van der Waals surface area contributed by atoms with Crippen LogP contribution < -0.4 is 5.32 Å². The highest BCUT2D eigenvalue weighted by Gasteiger charge is 2.11. The Morgan fingerprint density at radius 3 is 2.71 bits per heavy atom. The van der Waals surface area contributed by atoms with Crippen LogP contribution in [-0.4, -0.2) is 22.1 Å². The number of rotatable bonds is 5. The number of hydrogen-bond acceptors (Lipinski definition) is 3. The van der Waals surface area contributed by atoms with Gasteiger partial charge in [0.15, 0.2) is 0 Å². The molecule has 0 aliphatic carbocycles. The van der Waals surface area contributed by atoms with Gasteiger partial charge < -0.3 is 15.5 Å². The third-order valence-electron chi connectivity index (χ3n) is 2.09. The largest absolute Gasteiger partial charge is 0.507 e. The van der Waals surface area contributed by atoms with E-state index in [-0.39, 0.29) is 23.6 Å². The second-order valence-corrected chi connectivity index (χ2v) is 3.41. The van der Waals surface area contributed by atoms with E-state index in [1.165, 1.54) is 18.2 Å². The SMILES string of the molecule is C=CCCC(=O)Nc1ccc(O)c(C(=O)O)c1. The summed E-state index contributed by atoms with van der Waals surface area (Å²) in [6, 6.07) is 3.88. The van der Waals surface area contributed by atoms with E-state index >= 15 is 0 Å². The molecule has 0 unspecified atom stereocenters. The summed E-state index contributed by atoms with van der Waals surface area (Å²) in [4.78, 5) is 22.1. The highest BCUT2D eigenvalue weighted by Crippen LogP contribution is 2.21. The van der Waals surface area contributed by atoms with E-state index in [1.807, 2.05) is 0 Å². The Kier molecular flexibility index (Phi) is 4.28. The van der Waals surface area contributed by atoms with Crippen molar-refractivity contribution in [3.8, 4) is 5.75 Å². The Labute approximate surface area is 98.4 Å². The van der Waals surface area contributed by atoms with Crippen molar-refractivity contribution in [2.45, 2.75) is 12.8 Å². The molecule has 1 rings (SSSR count). The highest BCUT2D eigenvalue weighted by molar-refractivity contribution is 5.95. The predicted octanol–water partition coefficient (Wildman–Crippen LogP) is 2.00. The van der Waals surface area contributed by atoms with Crippen LogP contribution in [0.25, 0.3) is 0 Å². The summed E-state index contributed by atoms with van der Waals surface area (Å²) in [5.74, 6) is -1.81. The van der Waals surface area contributed by atoms with Gasteiger partial charge in [-0.25, -0.2) is 4.79 Å². The first-order valence-corrected chi connectivity index (χ1v) is 5.01. The quantitative estimate of drug-likeness (QED) is 0.538. The number of aromatic hydroxyl groups is 1. The lowest BCUT2D eigenvalue weighted by Crippen LogP contribution is -2.11. The van der Waals surface area contributed by atoms with Crippen LogP contribution in [0.5, 0.6) is 5.75 Å². The van der Waals surface area contributed by atoms with Crippen LogP contribution in [0.2, 0.25) is 0 Å². The maximum atomic E-state index is 11.4. The summed E-state index contributed by atoms with van der Waals surface area (Å²) in [5, 5.41) is 20.6. The van der Waals surface area contributed by atoms with Crippen molar-refractivity contribution < 1.29 is 19.8 Å². The van der Waals surface area contributed by atoms with Gasteiger partial charge in [-0.1, -0.05) is 6.08 Å². The van der Waals surface area contributed by atoms with Crippen molar-refractivity contribution >= 4 is 17.6 Å². The van der Waals surface area contributed by atoms with Crippen LogP contribution in [0.1, 0.15) is 23.2 Å². The summed E-state index contributed by atoms with van der Waals surface area (Å²) in [7, 11) is 0. The van der Waals surface area contributed by atoms with Gasteiger partial charge in [0.2, 0.25) is 5.91 Å². The van der Waals surface area contributed by atoms with Gasteiger partial charge in [-0.2, -0.15) is 0 Å². The number of benzene rings is 1. The molecule has 17 heavy (non-hydrogen) atoms. The topological polar surface area (TPSA) is 86.6 Å². The fourth-order valence-corrected chi connectivity index (χ4v) is 1.24. The molecule has 5 heteroatoms. The van der Waals surface area contributed by atoms with Crippen LogP contribution in [-0.2, 0) is 4.79 Å². The molecule has 0 heterocycles. The van der Waals surface area contributed by atoms with E-state index in [2.05, 4.69) is 11.9 Å². The van der Waals surface area contributed by atoms with Crippen LogP contribution in [0.3, 0.4) is 0 Å². The molecule has 1 aromatic carbocycles. The van der Waals surface area contributed by atoms with Crippen LogP contribution in [0, 0.1) is 0 Å². The van der Waals surface area contributed by atoms with Crippen molar-refractivity contribution in [2.24, 2.45) is 0 Å². The number of aromatic carboxylic acids is 1. The lowest BCUT2D eigenvalue weighted by molar-refractivity contribution is -0.116. The third-order valence-corrected chi connectivity index (χ3v) is 2.09. The van der Waals surface area contributed by atoms with Gasteiger partial charge in [-0.3, -0.25) is 4.79 Å². The number of hydrogen-bond donors (Lipinski definition) is 3. The molecule has 0 bridgehead atoms. The summed E-state index contributed by atoms with van der Waals surface area (Å²) in [6.45, 7) is 3.50. The fourth-order valence-electron chi connectivity index (χ4n) is 1.24. The van der Waals surface area contributed by atoms with Crippen molar-refractivity contribution in [3.63, 3.8) is 0 Å². The number of phenols is 1. The molecule has 3 N–H and O–H groups in total. The molecule has 0 aliphatic rings. The summed E-state index contributed by atoms with van der Waals surface area (Å²) in [6.07, 6.45) is 2.46. The number of amides is 1. The first kappa shape index (κ1) is 12.8. The van der Waals surface area contributed by atoms with E-state index in [4.69, 9.17) is 5.11 Å². The van der Waals surface area contributed by atoms with Crippen LogP contribution in [0.15, 0.2) is 30.9 Å². The Morgan fingerprint density at radius 2 is 2.12 bits per heavy atom. The molecule has 0 spiro atoms. The number of carboxylic acids is 1. The minimum Gasteiger partial charge on any atom is -0.507 e. The van der Waals surface area contributed by atoms with E-state index < -0.39 is 5.97 Å². The van der Waals surface area contributed by atoms with E-state index in [1.54, 1.807) is 6.08 Å². The van der Waals surface area contributed by atoms with Gasteiger partial charge in [0.05, 0.1) is 0 Å². The minimum atomic E-state index is -1.25. The Morgan fingerprint density at radius 1 is 1.41 bits per heavy atom. The van der Waals surface area contributed by atoms with Crippen LogP contribution >= 0.6 is 0 Å². The number of nitrogens with one attached hydrogen (secondary N) is 1. The highest BCUT2D eigenvalue weighted by atomic mass is 16.4. The van der Waals surface area contributed by atoms with Gasteiger partial charge in [0, 0.05) is 12.1 Å². The standard InChI is InChI=1S/C12H13NO4/c1-2-3-4-11(15)13-8-5-6-10(14)9(7-8)12(16)17/h2,5-7,14H,1,3-4H2,(H,13,15)(H,16,17). The molecule has 0 fully saturated rings. The Bertz CT molecular complexity index is 454. The number of carbonyl (C=O) groups excluding carboxylic acids is 1. The number of carboxylic acid groups (broad SMARTS) is 1. The predicted molar refractivity (Wildman–Crippen MR) is 63.1 cm³/mol. The number of carbonyl (C=O) groups is 2. The molecule has 0 atom stereocenters. The zero-order valence-corrected chi connectivity index (χ0v) is 9.14. The van der Waals surface area contributed by atoms with Crippen molar-refractivity contribution in [1.82, 2.24) is 0 Å². The molecular weight excluding hydrogens is 222 g/mol. The molecular formula is C12H13NO4. The zero-order chi connectivity index (χ0) is 12.8. The molecule has 0 radical (unpaired) electrons. The Balaban J connectivity index is 2.79. The lowest BCUT2D eigenvalue weighted by Gasteiger charge is -2.06. The lowest BCUT2D eigenvalue weighted by atomic mass is 10.1. The third kappa shape index (κ3) is 3.64. The summed E-state index contributed by atoms with van der Waals surface area (Å²) < 4.78 is 0. The molecule has 1 amide bonds. The molecule has 0 saturated heterocycles. The van der Waals surface area contributed by atoms with Gasteiger partial charge in [0.1, 0.15) is 11.3 Å². The van der Waals surface area contributed by atoms with Gasteiger partial charge in [-0.05, 0) is 24.6 Å². The smallest absolute Gasteiger partial charge is 0.339 e. The number of anilines is 1. The first-order valence-electron chi connectivity index (χ1n) is 5.01. The van der Waals surface area contributed by atoms with E-state index in [9.17, 15) is 14.7 Å². The average Bonchev–Trinajstić information content (AvgIpc) is 2.28. The van der Waals surface area contributed by atoms with Gasteiger partial charge in [-0.15, -0.1) is 6.58 Å². The molecule has 90 valence electrons. The summed E-state index contributed by atoms with van der Waals surface area (Å²) >= 11 is 0. The molecule has 0 aromatic heterocycles. The minimum absolute atomic E-state index is 0.230. The van der Waals surface area contributed by atoms with Crippen molar-refractivity contribution in [3.05, 3.63) is 36.4 Å². The molecule has 0 aliphatic heterocycles. The second-order valence-electron chi connectivity index (χ2n) is 3.41. The van der Waals surface area contributed by atoms with Gasteiger partial charge >= 0.3 is 5.97 Å². The second kappa shape index (κ2) is 5.69. The average molecular weight is 235 g/mol. The molecule has 0 saturated carbocycles. The molecule has 5 nitrogen and oxygen atoms in total.